The van der Waals surface area contributed by atoms with Gasteiger partial charge in [-0.1, -0.05) is 5.16 Å². The summed E-state index contributed by atoms with van der Waals surface area (Å²) in [6, 6.07) is 3.76. The van der Waals surface area contributed by atoms with Crippen molar-refractivity contribution in [2.45, 2.75) is 6.92 Å². The van der Waals surface area contributed by atoms with Gasteiger partial charge in [-0.05, 0) is 19.1 Å². The molecule has 0 fully saturated rings. The van der Waals surface area contributed by atoms with E-state index in [0.29, 0.717) is 5.69 Å². The van der Waals surface area contributed by atoms with Crippen molar-refractivity contribution in [1.29, 1.82) is 0 Å². The summed E-state index contributed by atoms with van der Waals surface area (Å²) in [5, 5.41) is 33.6. The normalized spacial score (nSPS) is 11.4. The molecule has 3 N–H and O–H groups in total. The Morgan fingerprint density at radius 3 is 2.57 bits per heavy atom. The molecule has 1 aromatic heterocycles. The highest BCUT2D eigenvalue weighted by molar-refractivity contribution is 5.96. The van der Waals surface area contributed by atoms with Crippen LogP contribution in [0.3, 0.4) is 0 Å². The summed E-state index contributed by atoms with van der Waals surface area (Å²) in [6.07, 6.45) is 0. The molecule has 120 valence electrons. The molecule has 0 aliphatic carbocycles. The number of nitrogens with two attached hydrogens (primary N) is 1. The van der Waals surface area contributed by atoms with E-state index >= 15 is 0 Å². The second-order valence-corrected chi connectivity index (χ2v) is 4.49. The molecule has 0 saturated carbocycles. The number of hydrogen-bond acceptors (Lipinski definition) is 8. The van der Waals surface area contributed by atoms with Crippen LogP contribution in [0.2, 0.25) is 0 Å². The van der Waals surface area contributed by atoms with Gasteiger partial charge in [-0.2, -0.15) is 0 Å². The van der Waals surface area contributed by atoms with E-state index in [2.05, 4.69) is 10.1 Å². The Labute approximate surface area is 128 Å². The van der Waals surface area contributed by atoms with Crippen molar-refractivity contribution in [1.82, 2.24) is 4.98 Å². The number of nitro groups is 2. The molecule has 0 unspecified atom stereocenters. The molecule has 11 nitrogen and oxygen atoms in total. The van der Waals surface area contributed by atoms with Crippen LogP contribution in [0.4, 0.5) is 11.4 Å². The molecule has 0 amide bonds. The van der Waals surface area contributed by atoms with Crippen LogP contribution in [0.5, 0.6) is 5.75 Å². The van der Waals surface area contributed by atoms with Crippen LogP contribution < -0.4 is 10.5 Å². The number of rotatable bonds is 5. The molecule has 0 aliphatic rings. The zero-order valence-electron chi connectivity index (χ0n) is 11.8. The number of amidine groups is 1. The Bertz CT molecular complexity index is 834. The lowest BCUT2D eigenvalue weighted by Gasteiger charge is -2.09. The highest BCUT2D eigenvalue weighted by Crippen LogP contribution is 2.40. The molecule has 2 aromatic rings. The van der Waals surface area contributed by atoms with Crippen molar-refractivity contribution in [3.05, 3.63) is 44.1 Å². The first-order valence-electron chi connectivity index (χ1n) is 6.17. The molecule has 0 spiro atoms. The Morgan fingerprint density at radius 2 is 2.00 bits per heavy atom. The number of non-ortho nitro benzene ring substituents is 1. The van der Waals surface area contributed by atoms with Gasteiger partial charge in [-0.25, -0.2) is 4.98 Å². The molecule has 1 aromatic carbocycles. The second kappa shape index (κ2) is 6.09. The number of pyridine rings is 1. The molecule has 0 radical (unpaired) electrons. The number of nitrogens with zero attached hydrogens (tertiary/aromatic N) is 4. The smallest absolute Gasteiger partial charge is 0.320 e. The van der Waals surface area contributed by atoms with Crippen molar-refractivity contribution in [2.75, 3.05) is 6.61 Å². The first-order chi connectivity index (χ1) is 10.8. The Balaban J connectivity index is 2.77. The van der Waals surface area contributed by atoms with Crippen molar-refractivity contribution in [3.63, 3.8) is 0 Å². The van der Waals surface area contributed by atoms with Crippen LogP contribution in [-0.2, 0) is 0 Å². The summed E-state index contributed by atoms with van der Waals surface area (Å²) in [4.78, 5) is 24.9. The minimum atomic E-state index is -0.821. The Kier molecular flexibility index (Phi) is 4.21. The fourth-order valence-electron chi connectivity index (χ4n) is 1.93. The van der Waals surface area contributed by atoms with Gasteiger partial charge in [0, 0.05) is 5.69 Å². The maximum Gasteiger partial charge on any atom is 0.320 e. The molecule has 23 heavy (non-hydrogen) atoms. The van der Waals surface area contributed by atoms with Gasteiger partial charge in [-0.3, -0.25) is 20.2 Å². The van der Waals surface area contributed by atoms with Gasteiger partial charge >= 0.3 is 5.69 Å². The van der Waals surface area contributed by atoms with Gasteiger partial charge in [0.05, 0.1) is 21.3 Å². The predicted molar refractivity (Wildman–Crippen MR) is 78.7 cm³/mol. The molecule has 1 heterocycles. The van der Waals surface area contributed by atoms with Crippen LogP contribution >= 0.6 is 0 Å². The fraction of sp³-hybridized carbons (Fsp3) is 0.167. The van der Waals surface area contributed by atoms with E-state index in [4.69, 9.17) is 15.7 Å². The molecule has 11 heteroatoms. The van der Waals surface area contributed by atoms with E-state index in [1.165, 1.54) is 12.1 Å². The first kappa shape index (κ1) is 15.9. The fourth-order valence-corrected chi connectivity index (χ4v) is 1.93. The summed E-state index contributed by atoms with van der Waals surface area (Å²) in [6.45, 7) is 1.18. The molecule has 0 bridgehead atoms. The predicted octanol–water partition coefficient (Wildman–Crippen LogP) is 1.48. The molecule has 0 atom stereocenters. The molecular weight excluding hydrogens is 310 g/mol. The van der Waals surface area contributed by atoms with E-state index in [-0.39, 0.29) is 22.5 Å². The Hall–Kier alpha value is -3.50. The van der Waals surface area contributed by atoms with Crippen molar-refractivity contribution in [2.24, 2.45) is 10.9 Å². The topological polar surface area (TPSA) is 167 Å². The summed E-state index contributed by atoms with van der Waals surface area (Å²) < 4.78 is 5.21. The average molecular weight is 321 g/mol. The zero-order chi connectivity index (χ0) is 17.1. The van der Waals surface area contributed by atoms with Crippen LogP contribution in [0.15, 0.2) is 23.4 Å². The lowest BCUT2D eigenvalue weighted by atomic mass is 10.1. The molecular formula is C12H11N5O6. The third-order valence-corrected chi connectivity index (χ3v) is 2.92. The quantitative estimate of drug-likeness (QED) is 0.274. The van der Waals surface area contributed by atoms with Crippen LogP contribution in [-0.4, -0.2) is 32.5 Å². The van der Waals surface area contributed by atoms with E-state index in [0.717, 1.165) is 6.07 Å². The highest BCUT2D eigenvalue weighted by Gasteiger charge is 2.28. The largest absolute Gasteiger partial charge is 0.477 e. The second-order valence-electron chi connectivity index (χ2n) is 4.49. The van der Waals surface area contributed by atoms with Crippen LogP contribution in [0.1, 0.15) is 5.69 Å². The van der Waals surface area contributed by atoms with Crippen LogP contribution in [0.25, 0.3) is 10.9 Å². The summed E-state index contributed by atoms with van der Waals surface area (Å²) >= 11 is 0. The monoisotopic (exact) mass is 321 g/mol. The molecule has 2 rings (SSSR count). The minimum Gasteiger partial charge on any atom is -0.477 e. The molecule has 0 saturated heterocycles. The van der Waals surface area contributed by atoms with Gasteiger partial charge in [-0.15, -0.1) is 0 Å². The third-order valence-electron chi connectivity index (χ3n) is 2.92. The number of fused-ring (bicyclic) bond motifs is 1. The SMILES string of the molecule is Cc1ccc2c([N+](=O)[O-])cc([N+](=O)[O-])c(OCC(N)=NO)c2n1. The number of benzene rings is 1. The lowest BCUT2D eigenvalue weighted by molar-refractivity contribution is -0.393. The maximum atomic E-state index is 11.2. The average Bonchev–Trinajstić information content (AvgIpc) is 2.50. The number of nitro benzene ring substituents is 2. The summed E-state index contributed by atoms with van der Waals surface area (Å²) in [7, 11) is 0. The maximum absolute atomic E-state index is 11.2. The summed E-state index contributed by atoms with van der Waals surface area (Å²) in [5.41, 5.74) is 4.62. The van der Waals surface area contributed by atoms with Crippen LogP contribution in [0, 0.1) is 27.2 Å². The van der Waals surface area contributed by atoms with Crippen molar-refractivity contribution in [3.8, 4) is 5.75 Å². The molecule has 0 aliphatic heterocycles. The standard InChI is InChI=1S/C12H11N5O6/c1-6-2-3-7-8(16(19)20)4-9(17(21)22)12(11(7)14-6)23-5-10(13)15-18/h2-4,18H,5H2,1H3,(H2,13,15). The van der Waals surface area contributed by atoms with Gasteiger partial charge in [0.1, 0.15) is 12.1 Å². The van der Waals surface area contributed by atoms with Crippen molar-refractivity contribution < 1.29 is 19.8 Å². The van der Waals surface area contributed by atoms with E-state index in [9.17, 15) is 20.2 Å². The minimum absolute atomic E-state index is 0.0448. The number of ether oxygens (including phenoxy) is 1. The third kappa shape index (κ3) is 3.07. The first-order valence-corrected chi connectivity index (χ1v) is 6.17. The van der Waals surface area contributed by atoms with Crippen molar-refractivity contribution >= 4 is 28.1 Å². The number of aromatic nitrogens is 1. The van der Waals surface area contributed by atoms with Gasteiger partial charge in [0.2, 0.25) is 5.75 Å². The van der Waals surface area contributed by atoms with E-state index in [1.54, 1.807) is 6.92 Å². The summed E-state index contributed by atoms with van der Waals surface area (Å²) in [5.74, 6) is -0.607. The highest BCUT2D eigenvalue weighted by atomic mass is 16.6. The number of oxime groups is 1. The lowest BCUT2D eigenvalue weighted by Crippen LogP contribution is -2.21. The Morgan fingerprint density at radius 1 is 1.35 bits per heavy atom. The number of hydrogen-bond donors (Lipinski definition) is 2. The van der Waals surface area contributed by atoms with Gasteiger partial charge < -0.3 is 15.7 Å². The van der Waals surface area contributed by atoms with Gasteiger partial charge in [0.25, 0.3) is 5.69 Å². The van der Waals surface area contributed by atoms with E-state index < -0.39 is 27.8 Å². The zero-order valence-corrected chi connectivity index (χ0v) is 11.8. The van der Waals surface area contributed by atoms with E-state index in [1.807, 2.05) is 0 Å². The van der Waals surface area contributed by atoms with Gasteiger partial charge in [0.15, 0.2) is 5.84 Å². The number of aryl methyl sites for hydroxylation is 1.